The molecular weight excluding hydrogens is 344 g/mol. The van der Waals surface area contributed by atoms with Gasteiger partial charge in [0.05, 0.1) is 22.9 Å². The molecule has 2 amide bonds. The summed E-state index contributed by atoms with van der Waals surface area (Å²) in [5, 5.41) is 5.65. The van der Waals surface area contributed by atoms with Crippen LogP contribution in [0.2, 0.25) is 0 Å². The topological polar surface area (TPSA) is 76.7 Å². The summed E-state index contributed by atoms with van der Waals surface area (Å²) in [6.07, 6.45) is 0.667. The minimum Gasteiger partial charge on any atom is -0.490 e. The minimum absolute atomic E-state index is 0.0517. The zero-order chi connectivity index (χ0) is 19.6. The molecule has 0 bridgehead atoms. The van der Waals surface area contributed by atoms with E-state index in [1.54, 1.807) is 49.6 Å². The monoisotopic (exact) mass is 370 g/mol. The summed E-state index contributed by atoms with van der Waals surface area (Å²) in [6.45, 7) is 4.88. The molecule has 0 atom stereocenters. The summed E-state index contributed by atoms with van der Waals surface area (Å²) in [5.41, 5.74) is 1.28. The van der Waals surface area contributed by atoms with E-state index in [4.69, 9.17) is 9.47 Å². The number of ether oxygens (including phenoxy) is 2. The molecule has 0 saturated carbocycles. The summed E-state index contributed by atoms with van der Waals surface area (Å²) in [7, 11) is 1.62. The van der Waals surface area contributed by atoms with Crippen LogP contribution in [-0.2, 0) is 4.74 Å². The van der Waals surface area contributed by atoms with Gasteiger partial charge >= 0.3 is 0 Å². The third kappa shape index (κ3) is 6.11. The van der Waals surface area contributed by atoms with Crippen molar-refractivity contribution in [2.24, 2.45) is 0 Å². The SMILES string of the molecule is COCCCNC(=O)c1ccccc1NC(=O)c1ccccc1OC(C)C. The second-order valence-electron chi connectivity index (χ2n) is 6.26. The first-order chi connectivity index (χ1) is 13.0. The maximum atomic E-state index is 12.8. The zero-order valence-electron chi connectivity index (χ0n) is 16.0. The second kappa shape index (κ2) is 10.3. The first-order valence-electron chi connectivity index (χ1n) is 8.96. The maximum Gasteiger partial charge on any atom is 0.259 e. The van der Waals surface area contributed by atoms with Crippen LogP contribution >= 0.6 is 0 Å². The number of methoxy groups -OCH3 is 1. The number of carbonyl (C=O) groups excluding carboxylic acids is 2. The quantitative estimate of drug-likeness (QED) is 0.663. The fraction of sp³-hybridized carbons (Fsp3) is 0.333. The predicted molar refractivity (Wildman–Crippen MR) is 105 cm³/mol. The Morgan fingerprint density at radius 3 is 2.33 bits per heavy atom. The van der Waals surface area contributed by atoms with Gasteiger partial charge in [0.15, 0.2) is 0 Å². The van der Waals surface area contributed by atoms with Gasteiger partial charge in [0.1, 0.15) is 5.75 Å². The van der Waals surface area contributed by atoms with E-state index < -0.39 is 0 Å². The van der Waals surface area contributed by atoms with Gasteiger partial charge in [-0.25, -0.2) is 0 Å². The van der Waals surface area contributed by atoms with Gasteiger partial charge in [-0.3, -0.25) is 9.59 Å². The van der Waals surface area contributed by atoms with Crippen LogP contribution in [0.1, 0.15) is 41.0 Å². The second-order valence-corrected chi connectivity index (χ2v) is 6.26. The van der Waals surface area contributed by atoms with Crippen LogP contribution in [0.15, 0.2) is 48.5 Å². The molecule has 0 spiro atoms. The molecule has 6 heteroatoms. The van der Waals surface area contributed by atoms with Gasteiger partial charge in [-0.05, 0) is 44.5 Å². The van der Waals surface area contributed by atoms with Crippen LogP contribution in [0.4, 0.5) is 5.69 Å². The number of para-hydroxylation sites is 2. The Morgan fingerprint density at radius 1 is 0.963 bits per heavy atom. The van der Waals surface area contributed by atoms with Gasteiger partial charge in [0.25, 0.3) is 11.8 Å². The summed E-state index contributed by atoms with van der Waals surface area (Å²) < 4.78 is 10.7. The average molecular weight is 370 g/mol. The van der Waals surface area contributed by atoms with E-state index in [0.717, 1.165) is 6.42 Å². The normalized spacial score (nSPS) is 10.5. The summed E-state index contributed by atoms with van der Waals surface area (Å²) in [4.78, 5) is 25.2. The lowest BCUT2D eigenvalue weighted by Gasteiger charge is -2.15. The van der Waals surface area contributed by atoms with Crippen LogP contribution in [0.5, 0.6) is 5.75 Å². The van der Waals surface area contributed by atoms with Gasteiger partial charge in [-0.15, -0.1) is 0 Å². The number of rotatable bonds is 9. The lowest BCUT2D eigenvalue weighted by atomic mass is 10.1. The van der Waals surface area contributed by atoms with Crippen molar-refractivity contribution in [2.45, 2.75) is 26.4 Å². The van der Waals surface area contributed by atoms with Gasteiger partial charge in [-0.2, -0.15) is 0 Å². The van der Waals surface area contributed by atoms with E-state index in [1.807, 2.05) is 19.9 Å². The zero-order valence-corrected chi connectivity index (χ0v) is 16.0. The Labute approximate surface area is 159 Å². The molecule has 2 aromatic rings. The first kappa shape index (κ1) is 20.5. The molecule has 0 aliphatic carbocycles. The number of hydrogen-bond donors (Lipinski definition) is 2. The van der Waals surface area contributed by atoms with Gasteiger partial charge in [0, 0.05) is 20.3 Å². The molecule has 0 aromatic heterocycles. The van der Waals surface area contributed by atoms with Crippen LogP contribution in [0.25, 0.3) is 0 Å². The largest absolute Gasteiger partial charge is 0.490 e. The van der Waals surface area contributed by atoms with E-state index in [1.165, 1.54) is 0 Å². The van der Waals surface area contributed by atoms with Gasteiger partial charge in [0.2, 0.25) is 0 Å². The fourth-order valence-corrected chi connectivity index (χ4v) is 2.50. The van der Waals surface area contributed by atoms with Crippen LogP contribution in [-0.4, -0.2) is 38.2 Å². The summed E-state index contributed by atoms with van der Waals surface area (Å²) in [5.74, 6) is -0.0638. The van der Waals surface area contributed by atoms with Crippen molar-refractivity contribution < 1.29 is 19.1 Å². The van der Waals surface area contributed by atoms with Crippen molar-refractivity contribution in [3.63, 3.8) is 0 Å². The third-order valence-corrected chi connectivity index (χ3v) is 3.73. The lowest BCUT2D eigenvalue weighted by molar-refractivity contribution is 0.0949. The van der Waals surface area contributed by atoms with E-state index in [0.29, 0.717) is 35.7 Å². The molecule has 0 radical (unpaired) electrons. The average Bonchev–Trinajstić information content (AvgIpc) is 2.65. The first-order valence-corrected chi connectivity index (χ1v) is 8.96. The highest BCUT2D eigenvalue weighted by molar-refractivity contribution is 6.10. The fourth-order valence-electron chi connectivity index (χ4n) is 2.50. The molecule has 0 unspecified atom stereocenters. The molecule has 0 aliphatic heterocycles. The molecule has 0 aliphatic rings. The highest BCUT2D eigenvalue weighted by Gasteiger charge is 2.17. The molecule has 6 nitrogen and oxygen atoms in total. The Bertz CT molecular complexity index is 774. The van der Waals surface area contributed by atoms with E-state index in [-0.39, 0.29) is 17.9 Å². The number of amides is 2. The van der Waals surface area contributed by atoms with Crippen molar-refractivity contribution in [1.82, 2.24) is 5.32 Å². The van der Waals surface area contributed by atoms with Gasteiger partial charge in [-0.1, -0.05) is 24.3 Å². The van der Waals surface area contributed by atoms with Crippen molar-refractivity contribution >= 4 is 17.5 Å². The maximum absolute atomic E-state index is 12.8. The predicted octanol–water partition coefficient (Wildman–Crippen LogP) is 3.49. The molecular formula is C21H26N2O4. The molecule has 0 heterocycles. The molecule has 27 heavy (non-hydrogen) atoms. The minimum atomic E-state index is -0.328. The Kier molecular flexibility index (Phi) is 7.82. The van der Waals surface area contributed by atoms with Crippen molar-refractivity contribution in [2.75, 3.05) is 25.6 Å². The third-order valence-electron chi connectivity index (χ3n) is 3.73. The van der Waals surface area contributed by atoms with Crippen molar-refractivity contribution in [3.05, 3.63) is 59.7 Å². The molecule has 0 fully saturated rings. The number of nitrogens with one attached hydrogen (secondary N) is 2. The van der Waals surface area contributed by atoms with Crippen LogP contribution < -0.4 is 15.4 Å². The highest BCUT2D eigenvalue weighted by atomic mass is 16.5. The van der Waals surface area contributed by atoms with Crippen molar-refractivity contribution in [1.29, 1.82) is 0 Å². The number of anilines is 1. The molecule has 2 rings (SSSR count). The van der Waals surface area contributed by atoms with E-state index >= 15 is 0 Å². The molecule has 0 saturated heterocycles. The summed E-state index contributed by atoms with van der Waals surface area (Å²) >= 11 is 0. The Morgan fingerprint density at radius 2 is 1.63 bits per heavy atom. The summed E-state index contributed by atoms with van der Waals surface area (Å²) in [6, 6.07) is 13.9. The molecule has 2 aromatic carbocycles. The highest BCUT2D eigenvalue weighted by Crippen LogP contribution is 2.22. The van der Waals surface area contributed by atoms with E-state index in [9.17, 15) is 9.59 Å². The molecule has 2 N–H and O–H groups in total. The molecule has 144 valence electrons. The number of hydrogen-bond acceptors (Lipinski definition) is 4. The van der Waals surface area contributed by atoms with Crippen LogP contribution in [0, 0.1) is 0 Å². The van der Waals surface area contributed by atoms with Crippen molar-refractivity contribution in [3.8, 4) is 5.75 Å². The lowest BCUT2D eigenvalue weighted by Crippen LogP contribution is -2.27. The Hall–Kier alpha value is -2.86. The number of benzene rings is 2. The van der Waals surface area contributed by atoms with Gasteiger partial charge < -0.3 is 20.1 Å². The number of carbonyl (C=O) groups is 2. The standard InChI is InChI=1S/C21H26N2O4/c1-15(2)27-19-12-7-5-10-17(19)21(25)23-18-11-6-4-9-16(18)20(24)22-13-8-14-26-3/h4-7,9-12,15H,8,13-14H2,1-3H3,(H,22,24)(H,23,25). The van der Waals surface area contributed by atoms with Crippen LogP contribution in [0.3, 0.4) is 0 Å². The smallest absolute Gasteiger partial charge is 0.259 e. The Balaban J connectivity index is 2.14. The van der Waals surface area contributed by atoms with E-state index in [2.05, 4.69) is 10.6 Å².